The lowest BCUT2D eigenvalue weighted by atomic mass is 10.1. The monoisotopic (exact) mass is 466 g/mol. The molecule has 2 aromatic carbocycles. The maximum absolute atomic E-state index is 12.7. The third kappa shape index (κ3) is 6.54. The van der Waals surface area contributed by atoms with Crippen molar-refractivity contribution in [1.82, 2.24) is 20.1 Å². The average molecular weight is 467 g/mol. The second-order valence-corrected chi connectivity index (χ2v) is 8.93. The van der Waals surface area contributed by atoms with Crippen molar-refractivity contribution < 1.29 is 14.3 Å². The lowest BCUT2D eigenvalue weighted by molar-refractivity contribution is 0.0950. The van der Waals surface area contributed by atoms with E-state index in [0.717, 1.165) is 44.0 Å². The molecule has 0 bridgehead atoms. The number of aromatic nitrogens is 1. The summed E-state index contributed by atoms with van der Waals surface area (Å²) >= 11 is 1.52. The number of thiazole rings is 1. The van der Waals surface area contributed by atoms with Crippen LogP contribution in [0.2, 0.25) is 0 Å². The number of rotatable bonds is 9. The molecule has 0 unspecified atom stereocenters. The van der Waals surface area contributed by atoms with Crippen LogP contribution in [0.1, 0.15) is 27.2 Å². The largest absolute Gasteiger partial charge is 0.493 e. The lowest BCUT2D eigenvalue weighted by Gasteiger charge is -2.32. The fraction of sp³-hybridized carbons (Fsp3) is 0.360. The summed E-state index contributed by atoms with van der Waals surface area (Å²) < 4.78 is 11.2. The van der Waals surface area contributed by atoms with Crippen LogP contribution >= 0.6 is 11.3 Å². The summed E-state index contributed by atoms with van der Waals surface area (Å²) in [7, 11) is 3.73. The van der Waals surface area contributed by atoms with E-state index in [1.54, 1.807) is 30.8 Å². The Kier molecular flexibility index (Phi) is 7.93. The Bertz CT molecular complexity index is 1050. The molecule has 1 N–H and O–H groups in total. The van der Waals surface area contributed by atoms with Crippen molar-refractivity contribution in [2.75, 3.05) is 40.3 Å². The van der Waals surface area contributed by atoms with Crippen molar-refractivity contribution in [1.29, 1.82) is 0 Å². The van der Waals surface area contributed by atoms with E-state index < -0.39 is 0 Å². The van der Waals surface area contributed by atoms with Gasteiger partial charge in [0.15, 0.2) is 11.5 Å². The predicted molar refractivity (Wildman–Crippen MR) is 130 cm³/mol. The van der Waals surface area contributed by atoms with E-state index in [9.17, 15) is 4.79 Å². The molecule has 3 aromatic rings. The summed E-state index contributed by atoms with van der Waals surface area (Å²) in [5, 5.41) is 4.95. The molecule has 1 aromatic heterocycles. The highest BCUT2D eigenvalue weighted by molar-refractivity contribution is 7.07. The first-order valence-electron chi connectivity index (χ1n) is 11.1. The van der Waals surface area contributed by atoms with Gasteiger partial charge in [-0.3, -0.25) is 9.69 Å². The van der Waals surface area contributed by atoms with Crippen LogP contribution in [0.5, 0.6) is 11.5 Å². The highest BCUT2D eigenvalue weighted by Crippen LogP contribution is 2.29. The van der Waals surface area contributed by atoms with Gasteiger partial charge in [0.05, 0.1) is 18.3 Å². The van der Waals surface area contributed by atoms with Crippen molar-refractivity contribution in [3.63, 3.8) is 0 Å². The smallest absolute Gasteiger partial charge is 0.251 e. The van der Waals surface area contributed by atoms with Gasteiger partial charge in [0.2, 0.25) is 0 Å². The highest BCUT2D eigenvalue weighted by Gasteiger charge is 2.15. The number of piperazine rings is 1. The van der Waals surface area contributed by atoms with E-state index in [0.29, 0.717) is 30.2 Å². The molecule has 0 aliphatic carbocycles. The Balaban J connectivity index is 1.32. The van der Waals surface area contributed by atoms with Gasteiger partial charge in [-0.15, -0.1) is 11.3 Å². The standard InChI is InChI=1S/C25H30N4O3S/c1-28-8-10-29(11-9-28)15-20-5-3-4-19(12-20)14-26-25(30)21-6-7-23(24(13-21)31-2)32-16-22-17-33-18-27-22/h3-7,12-13,17-18H,8-11,14-16H2,1-2H3,(H,26,30). The topological polar surface area (TPSA) is 66.9 Å². The maximum atomic E-state index is 12.7. The van der Waals surface area contributed by atoms with Crippen molar-refractivity contribution in [2.24, 2.45) is 0 Å². The summed E-state index contributed by atoms with van der Waals surface area (Å²) in [6, 6.07) is 13.6. The number of carbonyl (C=O) groups is 1. The van der Waals surface area contributed by atoms with Crippen molar-refractivity contribution in [3.8, 4) is 11.5 Å². The van der Waals surface area contributed by atoms with E-state index in [4.69, 9.17) is 9.47 Å². The summed E-state index contributed by atoms with van der Waals surface area (Å²) in [6.45, 7) is 6.15. The molecule has 1 fully saturated rings. The number of carbonyl (C=O) groups excluding carboxylic acids is 1. The molecule has 1 aliphatic rings. The van der Waals surface area contributed by atoms with Crippen LogP contribution in [-0.2, 0) is 19.7 Å². The van der Waals surface area contributed by atoms with Crippen LogP contribution in [0.15, 0.2) is 53.4 Å². The minimum absolute atomic E-state index is 0.149. The Morgan fingerprint density at radius 2 is 1.91 bits per heavy atom. The number of benzene rings is 2. The van der Waals surface area contributed by atoms with Crippen LogP contribution in [0.3, 0.4) is 0 Å². The number of hydrogen-bond acceptors (Lipinski definition) is 7. The molecule has 0 atom stereocenters. The first kappa shape index (κ1) is 23.2. The van der Waals surface area contributed by atoms with Crippen molar-refractivity contribution in [3.05, 3.63) is 75.7 Å². The van der Waals surface area contributed by atoms with Crippen LogP contribution in [-0.4, -0.2) is 61.0 Å². The van der Waals surface area contributed by atoms with Crippen LogP contribution in [0.4, 0.5) is 0 Å². The number of likely N-dealkylation sites (N-methyl/N-ethyl adjacent to an activating group) is 1. The number of amides is 1. The van der Waals surface area contributed by atoms with E-state index >= 15 is 0 Å². The number of methoxy groups -OCH3 is 1. The normalized spacial score (nSPS) is 14.7. The first-order valence-corrected chi connectivity index (χ1v) is 12.0. The fourth-order valence-corrected chi connectivity index (χ4v) is 4.32. The third-order valence-corrected chi connectivity index (χ3v) is 6.37. The molecule has 8 heteroatoms. The molecule has 1 aliphatic heterocycles. The molecule has 1 saturated heterocycles. The Morgan fingerprint density at radius 3 is 2.67 bits per heavy atom. The van der Waals surface area contributed by atoms with Gasteiger partial charge in [0.25, 0.3) is 5.91 Å². The molecule has 0 saturated carbocycles. The van der Waals surface area contributed by atoms with E-state index in [-0.39, 0.29) is 5.91 Å². The second-order valence-electron chi connectivity index (χ2n) is 8.22. The summed E-state index contributed by atoms with van der Waals surface area (Å²) in [6.07, 6.45) is 0. The average Bonchev–Trinajstić information content (AvgIpc) is 3.36. The lowest BCUT2D eigenvalue weighted by Crippen LogP contribution is -2.43. The Hall–Kier alpha value is -2.94. The first-order chi connectivity index (χ1) is 16.1. The van der Waals surface area contributed by atoms with Gasteiger partial charge in [-0.05, 0) is 36.4 Å². The maximum Gasteiger partial charge on any atom is 0.251 e. The second kappa shape index (κ2) is 11.3. The summed E-state index contributed by atoms with van der Waals surface area (Å²) in [5.74, 6) is 0.953. The molecule has 174 valence electrons. The van der Waals surface area contributed by atoms with Crippen molar-refractivity contribution >= 4 is 17.2 Å². The molecule has 2 heterocycles. The minimum Gasteiger partial charge on any atom is -0.493 e. The van der Waals surface area contributed by atoms with Gasteiger partial charge in [-0.25, -0.2) is 4.98 Å². The van der Waals surface area contributed by atoms with Crippen molar-refractivity contribution in [2.45, 2.75) is 19.7 Å². The minimum atomic E-state index is -0.149. The zero-order valence-electron chi connectivity index (χ0n) is 19.1. The van der Waals surface area contributed by atoms with Gasteiger partial charge in [-0.1, -0.05) is 24.3 Å². The van der Waals surface area contributed by atoms with Crippen LogP contribution < -0.4 is 14.8 Å². The van der Waals surface area contributed by atoms with Gasteiger partial charge < -0.3 is 19.7 Å². The zero-order chi connectivity index (χ0) is 23.0. The number of ether oxygens (including phenoxy) is 2. The molecule has 0 spiro atoms. The molecule has 33 heavy (non-hydrogen) atoms. The van der Waals surface area contributed by atoms with Crippen LogP contribution in [0.25, 0.3) is 0 Å². The Labute approximate surface area is 199 Å². The summed E-state index contributed by atoms with van der Waals surface area (Å²) in [5.41, 5.74) is 5.52. The molecular weight excluding hydrogens is 436 g/mol. The SMILES string of the molecule is COc1cc(C(=O)NCc2cccc(CN3CCN(C)CC3)c2)ccc1OCc1cscn1. The molecule has 7 nitrogen and oxygen atoms in total. The fourth-order valence-electron chi connectivity index (χ4n) is 3.78. The van der Waals surface area contributed by atoms with Gasteiger partial charge in [-0.2, -0.15) is 0 Å². The molecule has 4 rings (SSSR count). The molecule has 1 amide bonds. The van der Waals surface area contributed by atoms with Gasteiger partial charge >= 0.3 is 0 Å². The number of nitrogens with zero attached hydrogens (tertiary/aromatic N) is 3. The van der Waals surface area contributed by atoms with E-state index in [1.807, 2.05) is 11.4 Å². The van der Waals surface area contributed by atoms with E-state index in [2.05, 4.69) is 45.3 Å². The van der Waals surface area contributed by atoms with Gasteiger partial charge in [0.1, 0.15) is 6.61 Å². The quantitative estimate of drug-likeness (QED) is 0.521. The highest BCUT2D eigenvalue weighted by atomic mass is 32.1. The Morgan fingerprint density at radius 1 is 1.09 bits per heavy atom. The molecule has 0 radical (unpaired) electrons. The third-order valence-electron chi connectivity index (χ3n) is 5.73. The zero-order valence-corrected chi connectivity index (χ0v) is 19.9. The predicted octanol–water partition coefficient (Wildman–Crippen LogP) is 3.41. The van der Waals surface area contributed by atoms with Crippen LogP contribution in [0, 0.1) is 0 Å². The van der Waals surface area contributed by atoms with E-state index in [1.165, 1.54) is 16.9 Å². The molecular formula is C25H30N4O3S. The summed E-state index contributed by atoms with van der Waals surface area (Å²) in [4.78, 5) is 21.8. The van der Waals surface area contributed by atoms with Gasteiger partial charge in [0, 0.05) is 50.2 Å². The number of nitrogens with one attached hydrogen (secondary N) is 1. The number of hydrogen-bond donors (Lipinski definition) is 1.